The van der Waals surface area contributed by atoms with Crippen molar-refractivity contribution in [2.45, 2.75) is 6.92 Å². The van der Waals surface area contributed by atoms with Crippen LogP contribution in [0.25, 0.3) is 10.1 Å². The minimum atomic E-state index is -0.317. The van der Waals surface area contributed by atoms with Crippen molar-refractivity contribution in [2.75, 3.05) is 19.5 Å². The summed E-state index contributed by atoms with van der Waals surface area (Å²) < 4.78 is 25.2. The number of methoxy groups -OCH3 is 2. The number of hydrogen-bond donors (Lipinski definition) is 1. The Morgan fingerprint density at radius 2 is 1.96 bits per heavy atom. The van der Waals surface area contributed by atoms with Crippen LogP contribution in [-0.2, 0) is 0 Å². The van der Waals surface area contributed by atoms with Gasteiger partial charge in [0.15, 0.2) is 0 Å². The molecule has 1 N–H and O–H groups in total. The van der Waals surface area contributed by atoms with Crippen molar-refractivity contribution in [3.63, 3.8) is 0 Å². The first kappa shape index (κ1) is 16.3. The summed E-state index contributed by atoms with van der Waals surface area (Å²) in [4.78, 5) is 13.1. The van der Waals surface area contributed by atoms with Crippen LogP contribution >= 0.6 is 11.3 Å². The number of ether oxygens (including phenoxy) is 2. The lowest BCUT2D eigenvalue weighted by atomic mass is 10.1. The third kappa shape index (κ3) is 2.80. The van der Waals surface area contributed by atoms with E-state index in [2.05, 4.69) is 5.32 Å². The Kier molecular flexibility index (Phi) is 4.40. The number of nitrogens with one attached hydrogen (secondary N) is 1. The minimum absolute atomic E-state index is 0.295. The van der Waals surface area contributed by atoms with Gasteiger partial charge < -0.3 is 14.8 Å². The highest BCUT2D eigenvalue weighted by atomic mass is 32.1. The van der Waals surface area contributed by atoms with Gasteiger partial charge in [-0.05, 0) is 36.8 Å². The minimum Gasteiger partial charge on any atom is -0.497 e. The number of benzene rings is 2. The molecule has 0 saturated heterocycles. The fourth-order valence-electron chi connectivity index (χ4n) is 2.55. The summed E-state index contributed by atoms with van der Waals surface area (Å²) in [5, 5.41) is 3.31. The number of anilines is 1. The second kappa shape index (κ2) is 6.49. The van der Waals surface area contributed by atoms with Gasteiger partial charge in [0, 0.05) is 16.2 Å². The molecule has 24 heavy (non-hydrogen) atoms. The van der Waals surface area contributed by atoms with Crippen LogP contribution in [-0.4, -0.2) is 20.1 Å². The predicted octanol–water partition coefficient (Wildman–Crippen LogP) is 4.62. The molecule has 1 aromatic heterocycles. The van der Waals surface area contributed by atoms with Gasteiger partial charge in [0.05, 0.1) is 24.8 Å². The Bertz CT molecular complexity index is 920. The molecule has 3 aromatic rings. The van der Waals surface area contributed by atoms with Crippen LogP contribution in [0, 0.1) is 12.7 Å². The van der Waals surface area contributed by atoms with Crippen molar-refractivity contribution >= 4 is 33.0 Å². The van der Waals surface area contributed by atoms with Crippen molar-refractivity contribution in [2.24, 2.45) is 0 Å². The molecule has 0 unspecified atom stereocenters. The number of carbonyl (C=O) groups excluding carboxylic acids is 1. The number of thiophene rings is 1. The van der Waals surface area contributed by atoms with Crippen molar-refractivity contribution in [3.05, 3.63) is 52.7 Å². The normalized spacial score (nSPS) is 10.7. The largest absolute Gasteiger partial charge is 0.497 e. The molecule has 0 fully saturated rings. The van der Waals surface area contributed by atoms with Crippen LogP contribution in [0.4, 0.5) is 10.1 Å². The number of hydrogen-bond acceptors (Lipinski definition) is 4. The van der Waals surface area contributed by atoms with E-state index >= 15 is 0 Å². The highest BCUT2D eigenvalue weighted by molar-refractivity contribution is 7.21. The van der Waals surface area contributed by atoms with Gasteiger partial charge in [-0.3, -0.25) is 4.79 Å². The molecule has 0 bridgehead atoms. The summed E-state index contributed by atoms with van der Waals surface area (Å²) in [6, 6.07) is 9.97. The maximum absolute atomic E-state index is 14.0. The number of halogens is 1. The molecule has 0 atom stereocenters. The zero-order valence-corrected chi connectivity index (χ0v) is 14.3. The smallest absolute Gasteiger partial charge is 0.266 e. The third-order valence-electron chi connectivity index (χ3n) is 3.77. The lowest BCUT2D eigenvalue weighted by Gasteiger charge is -2.11. The van der Waals surface area contributed by atoms with Crippen LogP contribution < -0.4 is 14.8 Å². The molecule has 1 amide bonds. The maximum Gasteiger partial charge on any atom is 0.266 e. The molecule has 124 valence electrons. The Balaban J connectivity index is 1.96. The van der Waals surface area contributed by atoms with Gasteiger partial charge in [-0.1, -0.05) is 6.07 Å². The molecule has 1 heterocycles. The van der Waals surface area contributed by atoms with Crippen molar-refractivity contribution in [1.82, 2.24) is 0 Å². The number of aryl methyl sites for hydroxylation is 1. The summed E-state index contributed by atoms with van der Waals surface area (Å²) in [6.45, 7) is 1.75. The van der Waals surface area contributed by atoms with E-state index in [4.69, 9.17) is 9.47 Å². The van der Waals surface area contributed by atoms with Crippen LogP contribution in [0.3, 0.4) is 0 Å². The average Bonchev–Trinajstić information content (AvgIpc) is 2.93. The Hall–Kier alpha value is -2.60. The number of rotatable bonds is 4. The standard InChI is InChI=1S/C18H16FNO3S/c1-10-16-12(19)5-4-6-15(16)24-17(10)18(21)20-13-8-7-11(22-2)9-14(13)23-3/h4-9H,1-3H3,(H,20,21). The Labute approximate surface area is 142 Å². The van der Waals surface area contributed by atoms with E-state index in [1.807, 2.05) is 0 Å². The third-order valence-corrected chi connectivity index (χ3v) is 5.02. The van der Waals surface area contributed by atoms with E-state index in [-0.39, 0.29) is 11.7 Å². The first-order chi connectivity index (χ1) is 11.5. The lowest BCUT2D eigenvalue weighted by Crippen LogP contribution is -2.12. The molecule has 0 aliphatic rings. The maximum atomic E-state index is 14.0. The van der Waals surface area contributed by atoms with Gasteiger partial charge in [-0.15, -0.1) is 11.3 Å². The van der Waals surface area contributed by atoms with Crippen molar-refractivity contribution in [3.8, 4) is 11.5 Å². The lowest BCUT2D eigenvalue weighted by molar-refractivity contribution is 0.102. The molecule has 0 saturated carbocycles. The van der Waals surface area contributed by atoms with E-state index in [1.165, 1.54) is 24.5 Å². The SMILES string of the molecule is COc1ccc(NC(=O)c2sc3cccc(F)c3c2C)c(OC)c1. The van der Waals surface area contributed by atoms with Crippen LogP contribution in [0.1, 0.15) is 15.2 Å². The average molecular weight is 345 g/mol. The number of carbonyl (C=O) groups is 1. The van der Waals surface area contributed by atoms with Gasteiger partial charge in [0.1, 0.15) is 17.3 Å². The van der Waals surface area contributed by atoms with Gasteiger partial charge in [-0.25, -0.2) is 4.39 Å². The first-order valence-corrected chi connectivity index (χ1v) is 8.07. The zero-order valence-electron chi connectivity index (χ0n) is 13.5. The molecule has 0 radical (unpaired) electrons. The molecule has 0 aliphatic carbocycles. The molecule has 0 spiro atoms. The first-order valence-electron chi connectivity index (χ1n) is 7.26. The van der Waals surface area contributed by atoms with Crippen LogP contribution in [0.2, 0.25) is 0 Å². The van der Waals surface area contributed by atoms with E-state index in [0.717, 1.165) is 4.70 Å². The molecular formula is C18H16FNO3S. The fraction of sp³-hybridized carbons (Fsp3) is 0.167. The van der Waals surface area contributed by atoms with Gasteiger partial charge in [0.2, 0.25) is 0 Å². The summed E-state index contributed by atoms with van der Waals surface area (Å²) in [6.07, 6.45) is 0. The summed E-state index contributed by atoms with van der Waals surface area (Å²) in [7, 11) is 3.08. The molecule has 6 heteroatoms. The van der Waals surface area contributed by atoms with Gasteiger partial charge in [0.25, 0.3) is 5.91 Å². The van der Waals surface area contributed by atoms with Crippen molar-refractivity contribution < 1.29 is 18.7 Å². The molecular weight excluding hydrogens is 329 g/mol. The highest BCUT2D eigenvalue weighted by Crippen LogP contribution is 2.34. The van der Waals surface area contributed by atoms with Crippen LogP contribution in [0.5, 0.6) is 11.5 Å². The summed E-state index contributed by atoms with van der Waals surface area (Å²) in [5.74, 6) is 0.511. The molecule has 4 nitrogen and oxygen atoms in total. The summed E-state index contributed by atoms with van der Waals surface area (Å²) in [5.41, 5.74) is 1.17. The topological polar surface area (TPSA) is 47.6 Å². The van der Waals surface area contributed by atoms with Gasteiger partial charge in [-0.2, -0.15) is 0 Å². The molecule has 2 aromatic carbocycles. The van der Waals surface area contributed by atoms with Gasteiger partial charge >= 0.3 is 0 Å². The highest BCUT2D eigenvalue weighted by Gasteiger charge is 2.19. The summed E-state index contributed by atoms with van der Waals surface area (Å²) >= 11 is 1.27. The second-order valence-corrected chi connectivity index (χ2v) is 6.24. The van der Waals surface area contributed by atoms with Crippen molar-refractivity contribution in [1.29, 1.82) is 0 Å². The fourth-order valence-corrected chi connectivity index (χ4v) is 3.67. The zero-order chi connectivity index (χ0) is 17.3. The van der Waals surface area contributed by atoms with Crippen LogP contribution in [0.15, 0.2) is 36.4 Å². The second-order valence-electron chi connectivity index (χ2n) is 5.19. The van der Waals surface area contributed by atoms with E-state index in [9.17, 15) is 9.18 Å². The molecule has 3 rings (SSSR count). The van der Waals surface area contributed by atoms with E-state index in [0.29, 0.717) is 33.0 Å². The monoisotopic (exact) mass is 345 g/mol. The quantitative estimate of drug-likeness (QED) is 0.751. The molecule has 0 aliphatic heterocycles. The van der Waals surface area contributed by atoms with E-state index in [1.54, 1.807) is 44.4 Å². The van der Waals surface area contributed by atoms with E-state index < -0.39 is 0 Å². The predicted molar refractivity (Wildman–Crippen MR) is 94.0 cm³/mol. The number of amides is 1. The Morgan fingerprint density at radius 1 is 1.17 bits per heavy atom. The number of fused-ring (bicyclic) bond motifs is 1. The Morgan fingerprint density at radius 3 is 2.62 bits per heavy atom.